The summed E-state index contributed by atoms with van der Waals surface area (Å²) < 4.78 is 15.5. The van der Waals surface area contributed by atoms with Crippen LogP contribution in [0.2, 0.25) is 0 Å². The van der Waals surface area contributed by atoms with Crippen LogP contribution in [0.1, 0.15) is 21.7 Å². The number of benzene rings is 2. The highest BCUT2D eigenvalue weighted by Gasteiger charge is 2.23. The number of nitrogens with one attached hydrogen (secondary N) is 1. The van der Waals surface area contributed by atoms with Crippen LogP contribution in [0, 0.1) is 13.8 Å². The van der Waals surface area contributed by atoms with Gasteiger partial charge in [-0.05, 0) is 13.8 Å². The number of anilines is 1. The summed E-state index contributed by atoms with van der Waals surface area (Å²) in [7, 11) is 0. The molecule has 2 aromatic heterocycles. The molecule has 0 aliphatic carbocycles. The zero-order valence-electron chi connectivity index (χ0n) is 16.9. The van der Waals surface area contributed by atoms with E-state index in [0.717, 1.165) is 11.1 Å². The Balaban J connectivity index is 1.38. The zero-order valence-corrected chi connectivity index (χ0v) is 16.9. The molecule has 0 saturated carbocycles. The van der Waals surface area contributed by atoms with E-state index in [1.54, 1.807) is 25.1 Å². The van der Waals surface area contributed by atoms with Crippen LogP contribution in [0.4, 0.5) is 5.88 Å². The molecular formula is C23H19N3O5. The van der Waals surface area contributed by atoms with Crippen molar-refractivity contribution in [3.63, 3.8) is 0 Å². The normalized spacial score (nSPS) is 10.6. The van der Waals surface area contributed by atoms with E-state index in [2.05, 4.69) is 15.6 Å². The minimum Gasteiger partial charge on any atom is -0.452 e. The molecule has 2 heterocycles. The van der Waals surface area contributed by atoms with E-state index >= 15 is 0 Å². The van der Waals surface area contributed by atoms with Gasteiger partial charge in [-0.3, -0.25) is 10.1 Å². The molecule has 2 aromatic carbocycles. The predicted molar refractivity (Wildman–Crippen MR) is 112 cm³/mol. The van der Waals surface area contributed by atoms with Crippen molar-refractivity contribution >= 4 is 17.8 Å². The third-order valence-corrected chi connectivity index (χ3v) is 4.57. The maximum Gasteiger partial charge on any atom is 0.344 e. The van der Waals surface area contributed by atoms with Gasteiger partial charge >= 0.3 is 5.97 Å². The summed E-state index contributed by atoms with van der Waals surface area (Å²) in [5.41, 5.74) is 3.82. The van der Waals surface area contributed by atoms with Crippen molar-refractivity contribution in [2.75, 3.05) is 11.9 Å². The number of carbonyl (C=O) groups excluding carboxylic acids is 2. The van der Waals surface area contributed by atoms with Crippen LogP contribution >= 0.6 is 0 Å². The molecule has 1 N–H and O–H groups in total. The molecule has 4 aromatic rings. The van der Waals surface area contributed by atoms with Gasteiger partial charge in [0.2, 0.25) is 5.88 Å². The lowest BCUT2D eigenvalue weighted by Crippen LogP contribution is -2.21. The maximum absolute atomic E-state index is 12.6. The lowest BCUT2D eigenvalue weighted by Gasteiger charge is -2.05. The van der Waals surface area contributed by atoms with Crippen molar-refractivity contribution in [1.82, 2.24) is 10.3 Å². The van der Waals surface area contributed by atoms with E-state index in [1.165, 1.54) is 0 Å². The van der Waals surface area contributed by atoms with Crippen LogP contribution in [-0.4, -0.2) is 28.8 Å². The van der Waals surface area contributed by atoms with Gasteiger partial charge < -0.3 is 13.8 Å². The number of ether oxygens (including phenoxy) is 1. The number of aryl methyl sites for hydroxylation is 2. The molecule has 0 atom stereocenters. The lowest BCUT2D eigenvalue weighted by atomic mass is 10.1. The third kappa shape index (κ3) is 4.53. The second kappa shape index (κ2) is 8.66. The van der Waals surface area contributed by atoms with E-state index in [1.807, 2.05) is 49.4 Å². The topological polar surface area (TPSA) is 107 Å². The third-order valence-electron chi connectivity index (χ3n) is 4.57. The standard InChI is InChI=1S/C23H19N3O5/c1-14-8-10-16(11-9-14)18-12-20(31-25-18)24-19(27)13-29-23(28)21-15(2)30-26-22(21)17-6-4-3-5-7-17/h3-12H,13H2,1-2H3,(H,24,27). The molecule has 31 heavy (non-hydrogen) atoms. The number of hydrogen-bond donors (Lipinski definition) is 1. The average Bonchev–Trinajstić information content (AvgIpc) is 3.40. The summed E-state index contributed by atoms with van der Waals surface area (Å²) in [4.78, 5) is 24.8. The van der Waals surface area contributed by atoms with Crippen LogP contribution in [0.3, 0.4) is 0 Å². The molecular weight excluding hydrogens is 398 g/mol. The van der Waals surface area contributed by atoms with Gasteiger partial charge in [0, 0.05) is 17.2 Å². The van der Waals surface area contributed by atoms with Crippen LogP contribution in [0.15, 0.2) is 69.7 Å². The molecule has 0 aliphatic rings. The van der Waals surface area contributed by atoms with E-state index < -0.39 is 18.5 Å². The SMILES string of the molecule is Cc1ccc(-c2cc(NC(=O)COC(=O)c3c(-c4ccccc4)noc3C)on2)cc1. The molecule has 8 nitrogen and oxygen atoms in total. The Morgan fingerprint density at radius 3 is 2.42 bits per heavy atom. The highest BCUT2D eigenvalue weighted by Crippen LogP contribution is 2.26. The van der Waals surface area contributed by atoms with Gasteiger partial charge in [0.25, 0.3) is 5.91 Å². The van der Waals surface area contributed by atoms with Crippen molar-refractivity contribution in [3.05, 3.63) is 77.6 Å². The lowest BCUT2D eigenvalue weighted by molar-refractivity contribution is -0.119. The molecule has 4 rings (SSSR count). The molecule has 0 aliphatic heterocycles. The van der Waals surface area contributed by atoms with Crippen LogP contribution < -0.4 is 5.32 Å². The minimum absolute atomic E-state index is 0.155. The largest absolute Gasteiger partial charge is 0.452 e. The Labute approximate surface area is 177 Å². The molecule has 0 bridgehead atoms. The van der Waals surface area contributed by atoms with Crippen LogP contribution in [-0.2, 0) is 9.53 Å². The number of hydrogen-bond acceptors (Lipinski definition) is 7. The van der Waals surface area contributed by atoms with Gasteiger partial charge in [0.1, 0.15) is 22.7 Å². The Bertz CT molecular complexity index is 1210. The molecule has 0 unspecified atom stereocenters. The summed E-state index contributed by atoms with van der Waals surface area (Å²) in [6, 6.07) is 18.4. The Morgan fingerprint density at radius 2 is 1.68 bits per heavy atom. The number of aromatic nitrogens is 2. The molecule has 0 saturated heterocycles. The Kier molecular flexibility index (Phi) is 5.61. The van der Waals surface area contributed by atoms with Gasteiger partial charge in [-0.2, -0.15) is 0 Å². The van der Waals surface area contributed by atoms with Crippen LogP contribution in [0.25, 0.3) is 22.5 Å². The smallest absolute Gasteiger partial charge is 0.344 e. The minimum atomic E-state index is -0.703. The number of nitrogens with zero attached hydrogens (tertiary/aromatic N) is 2. The summed E-state index contributed by atoms with van der Waals surface area (Å²) in [6.07, 6.45) is 0. The monoisotopic (exact) mass is 417 g/mol. The van der Waals surface area contributed by atoms with Crippen molar-refractivity contribution < 1.29 is 23.4 Å². The highest BCUT2D eigenvalue weighted by atomic mass is 16.5. The van der Waals surface area contributed by atoms with Gasteiger partial charge in [-0.1, -0.05) is 70.5 Å². The summed E-state index contributed by atoms with van der Waals surface area (Å²) in [5, 5.41) is 10.4. The fraction of sp³-hybridized carbons (Fsp3) is 0.130. The first kappa shape index (κ1) is 20.1. The first-order valence-electron chi connectivity index (χ1n) is 9.53. The first-order chi connectivity index (χ1) is 15.0. The molecule has 0 fully saturated rings. The van der Waals surface area contributed by atoms with Crippen LogP contribution in [0.5, 0.6) is 0 Å². The number of esters is 1. The van der Waals surface area contributed by atoms with Gasteiger partial charge in [-0.15, -0.1) is 0 Å². The Hall–Kier alpha value is -4.20. The highest BCUT2D eigenvalue weighted by molar-refractivity contribution is 5.99. The van der Waals surface area contributed by atoms with E-state index in [4.69, 9.17) is 13.8 Å². The molecule has 1 amide bonds. The molecule has 8 heteroatoms. The van der Waals surface area contributed by atoms with Gasteiger partial charge in [0.05, 0.1) is 0 Å². The molecule has 0 radical (unpaired) electrons. The van der Waals surface area contributed by atoms with Crippen molar-refractivity contribution in [2.24, 2.45) is 0 Å². The van der Waals surface area contributed by atoms with Crippen molar-refractivity contribution in [1.29, 1.82) is 0 Å². The summed E-state index contributed by atoms with van der Waals surface area (Å²) in [6.45, 7) is 3.10. The first-order valence-corrected chi connectivity index (χ1v) is 9.53. The number of carbonyl (C=O) groups is 2. The fourth-order valence-corrected chi connectivity index (χ4v) is 2.98. The second-order valence-electron chi connectivity index (χ2n) is 6.90. The second-order valence-corrected chi connectivity index (χ2v) is 6.90. The molecule has 156 valence electrons. The van der Waals surface area contributed by atoms with E-state index in [-0.39, 0.29) is 11.4 Å². The number of amides is 1. The molecule has 0 spiro atoms. The predicted octanol–water partition coefficient (Wildman–Crippen LogP) is 4.41. The summed E-state index contributed by atoms with van der Waals surface area (Å²) >= 11 is 0. The average molecular weight is 417 g/mol. The summed E-state index contributed by atoms with van der Waals surface area (Å²) in [5.74, 6) is -0.800. The van der Waals surface area contributed by atoms with E-state index in [9.17, 15) is 9.59 Å². The van der Waals surface area contributed by atoms with Gasteiger partial charge in [-0.25, -0.2) is 4.79 Å². The fourth-order valence-electron chi connectivity index (χ4n) is 2.98. The van der Waals surface area contributed by atoms with Crippen molar-refractivity contribution in [3.8, 4) is 22.5 Å². The van der Waals surface area contributed by atoms with Crippen molar-refractivity contribution in [2.45, 2.75) is 13.8 Å². The Morgan fingerprint density at radius 1 is 0.935 bits per heavy atom. The maximum atomic E-state index is 12.6. The number of rotatable bonds is 6. The zero-order chi connectivity index (χ0) is 21.8. The van der Waals surface area contributed by atoms with E-state index in [0.29, 0.717) is 22.7 Å². The quantitative estimate of drug-likeness (QED) is 0.463. The van der Waals surface area contributed by atoms with Gasteiger partial charge in [0.15, 0.2) is 6.61 Å².